The second-order valence-corrected chi connectivity index (χ2v) is 3.03. The van der Waals surface area contributed by atoms with Crippen molar-refractivity contribution >= 4 is 27.5 Å². The van der Waals surface area contributed by atoms with Gasteiger partial charge in [-0.15, -0.1) is 0 Å². The van der Waals surface area contributed by atoms with E-state index < -0.39 is 0 Å². The van der Waals surface area contributed by atoms with Gasteiger partial charge in [-0.3, -0.25) is 0 Å². The van der Waals surface area contributed by atoms with Gasteiger partial charge in [-0.05, 0) is 34.5 Å². The summed E-state index contributed by atoms with van der Waals surface area (Å²) in [6, 6.07) is 1.93. The van der Waals surface area contributed by atoms with Gasteiger partial charge in [0.05, 0.1) is 0 Å². The predicted octanol–water partition coefficient (Wildman–Crippen LogP) is 3.83. The summed E-state index contributed by atoms with van der Waals surface area (Å²) in [4.78, 5) is 3.90. The van der Waals surface area contributed by atoms with Crippen LogP contribution in [-0.4, -0.2) is 4.98 Å². The Bertz CT molecular complexity index is 225. The van der Waals surface area contributed by atoms with Gasteiger partial charge in [0.1, 0.15) is 5.15 Å². The Morgan fingerprint density at radius 2 is 2.00 bits per heavy atom. The van der Waals surface area contributed by atoms with Crippen molar-refractivity contribution < 1.29 is 0 Å². The Morgan fingerprint density at radius 3 is 2.36 bits per heavy atom. The molecule has 0 saturated heterocycles. The molecule has 0 unspecified atom stereocenters. The van der Waals surface area contributed by atoms with Crippen LogP contribution in [-0.2, 0) is 0 Å². The maximum absolute atomic E-state index is 5.65. The summed E-state index contributed by atoms with van der Waals surface area (Å²) in [6.07, 6.45) is 1.68. The number of hydrogen-bond donors (Lipinski definition) is 0. The molecule has 62 valence electrons. The highest BCUT2D eigenvalue weighted by Gasteiger charge is 1.94. The van der Waals surface area contributed by atoms with E-state index in [9.17, 15) is 0 Å². The van der Waals surface area contributed by atoms with Crippen LogP contribution in [0.5, 0.6) is 0 Å². The van der Waals surface area contributed by atoms with E-state index in [1.54, 1.807) is 6.20 Å². The van der Waals surface area contributed by atoms with E-state index in [0.717, 1.165) is 10.0 Å². The van der Waals surface area contributed by atoms with Crippen LogP contribution in [0.2, 0.25) is 5.15 Å². The Labute approximate surface area is 80.9 Å². The number of rotatable bonds is 0. The highest BCUT2D eigenvalue weighted by molar-refractivity contribution is 9.10. The molecule has 11 heavy (non-hydrogen) atoms. The zero-order valence-corrected chi connectivity index (χ0v) is 9.20. The van der Waals surface area contributed by atoms with Crippen molar-refractivity contribution in [3.05, 3.63) is 27.5 Å². The molecule has 1 rings (SSSR count). The van der Waals surface area contributed by atoms with E-state index in [2.05, 4.69) is 20.9 Å². The van der Waals surface area contributed by atoms with Crippen LogP contribution >= 0.6 is 27.5 Å². The first-order valence-electron chi connectivity index (χ1n) is 3.48. The molecule has 1 heterocycles. The molecule has 0 aromatic carbocycles. The Morgan fingerprint density at radius 1 is 1.45 bits per heavy atom. The summed E-state index contributed by atoms with van der Waals surface area (Å²) < 4.78 is 0.962. The molecule has 0 aliphatic rings. The van der Waals surface area contributed by atoms with E-state index in [0.29, 0.717) is 5.15 Å². The molecular formula is C8H11BrClN. The lowest BCUT2D eigenvalue weighted by Gasteiger charge is -1.94. The first kappa shape index (κ1) is 10.9. The van der Waals surface area contributed by atoms with E-state index in [-0.39, 0.29) is 0 Å². The number of halogens is 2. The molecule has 0 radical (unpaired) electrons. The van der Waals surface area contributed by atoms with Gasteiger partial charge in [0.15, 0.2) is 0 Å². The summed E-state index contributed by atoms with van der Waals surface area (Å²) in [6.45, 7) is 5.92. The molecule has 0 amide bonds. The molecule has 0 aliphatic heterocycles. The molecule has 0 saturated carbocycles. The van der Waals surface area contributed by atoms with Gasteiger partial charge in [0.2, 0.25) is 0 Å². The number of hydrogen-bond acceptors (Lipinski definition) is 1. The Hall–Kier alpha value is -0.0800. The fourth-order valence-corrected chi connectivity index (χ4v) is 1.07. The van der Waals surface area contributed by atoms with Gasteiger partial charge in [-0.1, -0.05) is 25.4 Å². The normalized spacial score (nSPS) is 8.45. The molecule has 1 nitrogen and oxygen atoms in total. The lowest BCUT2D eigenvalue weighted by molar-refractivity contribution is 1.25. The Kier molecular flexibility index (Phi) is 5.51. The summed E-state index contributed by atoms with van der Waals surface area (Å²) in [5, 5.41) is 0.568. The van der Waals surface area contributed by atoms with Gasteiger partial charge >= 0.3 is 0 Å². The van der Waals surface area contributed by atoms with Crippen molar-refractivity contribution in [1.82, 2.24) is 4.98 Å². The molecule has 0 N–H and O–H groups in total. The fourth-order valence-electron chi connectivity index (χ4n) is 0.524. The number of pyridine rings is 1. The molecule has 0 fully saturated rings. The highest BCUT2D eigenvalue weighted by Crippen LogP contribution is 2.15. The van der Waals surface area contributed by atoms with Crippen LogP contribution in [0, 0.1) is 6.92 Å². The van der Waals surface area contributed by atoms with Crippen molar-refractivity contribution in [2.75, 3.05) is 0 Å². The fraction of sp³-hybridized carbons (Fsp3) is 0.375. The van der Waals surface area contributed by atoms with Gasteiger partial charge in [0.25, 0.3) is 0 Å². The average Bonchev–Trinajstić information content (AvgIpc) is 2.02. The van der Waals surface area contributed by atoms with Crippen LogP contribution in [0.1, 0.15) is 19.4 Å². The number of nitrogens with zero attached hydrogens (tertiary/aromatic N) is 1. The SMILES string of the molecule is CC.Cc1cc(Br)cnc1Cl. The van der Waals surface area contributed by atoms with Crippen molar-refractivity contribution in [2.24, 2.45) is 0 Å². The van der Waals surface area contributed by atoms with E-state index in [4.69, 9.17) is 11.6 Å². The summed E-state index contributed by atoms with van der Waals surface area (Å²) in [5.41, 5.74) is 0.992. The van der Waals surface area contributed by atoms with E-state index in [1.807, 2.05) is 26.8 Å². The minimum atomic E-state index is 0.568. The molecule has 3 heteroatoms. The minimum absolute atomic E-state index is 0.568. The van der Waals surface area contributed by atoms with E-state index in [1.165, 1.54) is 0 Å². The third kappa shape index (κ3) is 3.73. The smallest absolute Gasteiger partial charge is 0.131 e. The first-order valence-corrected chi connectivity index (χ1v) is 4.65. The van der Waals surface area contributed by atoms with Gasteiger partial charge < -0.3 is 0 Å². The molecular weight excluding hydrogens is 225 g/mol. The highest BCUT2D eigenvalue weighted by atomic mass is 79.9. The molecule has 0 atom stereocenters. The van der Waals surface area contributed by atoms with Crippen molar-refractivity contribution in [3.63, 3.8) is 0 Å². The van der Waals surface area contributed by atoms with Gasteiger partial charge in [-0.25, -0.2) is 4.98 Å². The molecule has 1 aromatic rings. The largest absolute Gasteiger partial charge is 0.243 e. The lowest BCUT2D eigenvalue weighted by Crippen LogP contribution is -1.78. The summed E-state index contributed by atoms with van der Waals surface area (Å²) in [7, 11) is 0. The van der Waals surface area contributed by atoms with Crippen LogP contribution in [0.25, 0.3) is 0 Å². The van der Waals surface area contributed by atoms with Crippen LogP contribution in [0.4, 0.5) is 0 Å². The minimum Gasteiger partial charge on any atom is -0.243 e. The maximum atomic E-state index is 5.65. The average molecular weight is 237 g/mol. The zero-order valence-electron chi connectivity index (χ0n) is 6.86. The lowest BCUT2D eigenvalue weighted by atomic mass is 10.3. The van der Waals surface area contributed by atoms with Crippen molar-refractivity contribution in [1.29, 1.82) is 0 Å². The third-order valence-electron chi connectivity index (χ3n) is 0.981. The topological polar surface area (TPSA) is 12.9 Å². The first-order chi connectivity index (χ1) is 5.20. The van der Waals surface area contributed by atoms with Crippen LogP contribution < -0.4 is 0 Å². The molecule has 0 bridgehead atoms. The Balaban J connectivity index is 0.000000461. The predicted molar refractivity (Wildman–Crippen MR) is 53.0 cm³/mol. The molecule has 1 aromatic heterocycles. The summed E-state index contributed by atoms with van der Waals surface area (Å²) >= 11 is 8.92. The van der Waals surface area contributed by atoms with Crippen molar-refractivity contribution in [2.45, 2.75) is 20.8 Å². The molecule has 0 aliphatic carbocycles. The standard InChI is InChI=1S/C6H5BrClN.C2H6/c1-4-2-5(7)3-9-6(4)8;1-2/h2-3H,1H3;1-2H3. The second kappa shape index (κ2) is 5.56. The van der Waals surface area contributed by atoms with Crippen LogP contribution in [0.3, 0.4) is 0 Å². The maximum Gasteiger partial charge on any atom is 0.131 e. The number of aromatic nitrogens is 1. The zero-order chi connectivity index (χ0) is 8.85. The monoisotopic (exact) mass is 235 g/mol. The molecule has 0 spiro atoms. The van der Waals surface area contributed by atoms with Gasteiger partial charge in [-0.2, -0.15) is 0 Å². The van der Waals surface area contributed by atoms with E-state index >= 15 is 0 Å². The van der Waals surface area contributed by atoms with Crippen molar-refractivity contribution in [3.8, 4) is 0 Å². The summed E-state index contributed by atoms with van der Waals surface area (Å²) in [5.74, 6) is 0. The van der Waals surface area contributed by atoms with Gasteiger partial charge in [0, 0.05) is 10.7 Å². The quantitative estimate of drug-likeness (QED) is 0.624. The second-order valence-electron chi connectivity index (χ2n) is 1.76. The third-order valence-corrected chi connectivity index (χ3v) is 1.81. The van der Waals surface area contributed by atoms with Crippen LogP contribution in [0.15, 0.2) is 16.7 Å². The number of aryl methyl sites for hydroxylation is 1.